The van der Waals surface area contributed by atoms with Gasteiger partial charge < -0.3 is 10.2 Å². The first-order valence-corrected chi connectivity index (χ1v) is 5.92. The van der Waals surface area contributed by atoms with Gasteiger partial charge in [0.15, 0.2) is 0 Å². The third-order valence-electron chi connectivity index (χ3n) is 3.78. The zero-order valence-electron chi connectivity index (χ0n) is 9.79. The van der Waals surface area contributed by atoms with Crippen LogP contribution in [0.1, 0.15) is 36.7 Å². The first kappa shape index (κ1) is 10.1. The fourth-order valence-corrected chi connectivity index (χ4v) is 2.83. The van der Waals surface area contributed by atoms with Crippen LogP contribution in [0.15, 0.2) is 4.79 Å². The number of aromatic nitrogens is 2. The van der Waals surface area contributed by atoms with Crippen LogP contribution < -0.4 is 10.9 Å². The SMILES string of the molecule is CC1NCc2[nH]n(C3CCN(C)C3)c(=O)c21. The highest BCUT2D eigenvalue weighted by Gasteiger charge is 2.29. The largest absolute Gasteiger partial charge is 0.304 e. The molecule has 2 aliphatic heterocycles. The molecule has 2 aliphatic rings. The first-order chi connectivity index (χ1) is 7.66. The van der Waals surface area contributed by atoms with Gasteiger partial charge in [0.1, 0.15) is 0 Å². The van der Waals surface area contributed by atoms with Gasteiger partial charge in [0, 0.05) is 19.1 Å². The Morgan fingerprint density at radius 1 is 1.44 bits per heavy atom. The van der Waals surface area contributed by atoms with Crippen molar-refractivity contribution in [1.82, 2.24) is 20.0 Å². The summed E-state index contributed by atoms with van der Waals surface area (Å²) in [7, 11) is 2.10. The summed E-state index contributed by atoms with van der Waals surface area (Å²) in [6.07, 6.45) is 1.07. The van der Waals surface area contributed by atoms with Gasteiger partial charge >= 0.3 is 0 Å². The summed E-state index contributed by atoms with van der Waals surface area (Å²) < 4.78 is 1.84. The molecule has 0 saturated carbocycles. The van der Waals surface area contributed by atoms with Crippen molar-refractivity contribution in [3.63, 3.8) is 0 Å². The van der Waals surface area contributed by atoms with Gasteiger partial charge in [-0.2, -0.15) is 0 Å². The molecule has 2 unspecified atom stereocenters. The van der Waals surface area contributed by atoms with Crippen LogP contribution in [0.4, 0.5) is 0 Å². The minimum Gasteiger partial charge on any atom is -0.304 e. The number of hydrogen-bond acceptors (Lipinski definition) is 3. The lowest BCUT2D eigenvalue weighted by atomic mass is 10.2. The molecule has 1 fully saturated rings. The molecule has 3 rings (SSSR count). The molecule has 5 nitrogen and oxygen atoms in total. The van der Waals surface area contributed by atoms with Crippen molar-refractivity contribution in [2.45, 2.75) is 32.0 Å². The van der Waals surface area contributed by atoms with Crippen LogP contribution in [0, 0.1) is 0 Å². The number of rotatable bonds is 1. The van der Waals surface area contributed by atoms with E-state index in [0.717, 1.165) is 37.3 Å². The van der Waals surface area contributed by atoms with Crippen molar-refractivity contribution in [1.29, 1.82) is 0 Å². The molecule has 88 valence electrons. The molecule has 2 atom stereocenters. The predicted molar refractivity (Wildman–Crippen MR) is 61.5 cm³/mol. The highest BCUT2D eigenvalue weighted by atomic mass is 16.1. The number of fused-ring (bicyclic) bond motifs is 1. The molecule has 0 radical (unpaired) electrons. The molecule has 3 heterocycles. The molecule has 0 spiro atoms. The van der Waals surface area contributed by atoms with Gasteiger partial charge in [0.2, 0.25) is 0 Å². The van der Waals surface area contributed by atoms with Crippen molar-refractivity contribution in [2.24, 2.45) is 0 Å². The first-order valence-electron chi connectivity index (χ1n) is 5.92. The topological polar surface area (TPSA) is 53.1 Å². The summed E-state index contributed by atoms with van der Waals surface area (Å²) in [6, 6.07) is 0.523. The molecule has 5 heteroatoms. The number of nitrogens with one attached hydrogen (secondary N) is 2. The fourth-order valence-electron chi connectivity index (χ4n) is 2.83. The Kier molecular flexibility index (Phi) is 2.19. The lowest BCUT2D eigenvalue weighted by Crippen LogP contribution is -2.28. The molecule has 0 aliphatic carbocycles. The van der Waals surface area contributed by atoms with Crippen LogP contribution in [-0.2, 0) is 6.54 Å². The van der Waals surface area contributed by atoms with Gasteiger partial charge in [0.05, 0.1) is 17.3 Å². The monoisotopic (exact) mass is 222 g/mol. The smallest absolute Gasteiger partial charge is 0.271 e. The molecule has 1 saturated heterocycles. The standard InChI is InChI=1S/C11H18N4O/c1-7-10-9(5-12-7)13-15(11(10)16)8-3-4-14(2)6-8/h7-8,12-13H,3-6H2,1-2H3. The lowest BCUT2D eigenvalue weighted by Gasteiger charge is -2.12. The molecule has 2 N–H and O–H groups in total. The number of likely N-dealkylation sites (tertiary alicyclic amines) is 1. The van der Waals surface area contributed by atoms with E-state index in [1.165, 1.54) is 0 Å². The molecule has 0 bridgehead atoms. The number of H-pyrrole nitrogens is 1. The maximum Gasteiger partial charge on any atom is 0.271 e. The summed E-state index contributed by atoms with van der Waals surface area (Å²) in [6.45, 7) is 4.89. The molecule has 0 amide bonds. The molecule has 1 aromatic heterocycles. The van der Waals surface area contributed by atoms with E-state index in [1.807, 2.05) is 11.6 Å². The van der Waals surface area contributed by atoms with E-state index >= 15 is 0 Å². The van der Waals surface area contributed by atoms with Crippen molar-refractivity contribution in [3.05, 3.63) is 21.6 Å². The van der Waals surface area contributed by atoms with E-state index in [4.69, 9.17) is 0 Å². The van der Waals surface area contributed by atoms with Crippen LogP contribution in [0.25, 0.3) is 0 Å². The quantitative estimate of drug-likeness (QED) is 0.714. The van der Waals surface area contributed by atoms with Crippen LogP contribution in [0.2, 0.25) is 0 Å². The van der Waals surface area contributed by atoms with Crippen molar-refractivity contribution < 1.29 is 0 Å². The summed E-state index contributed by atoms with van der Waals surface area (Å²) >= 11 is 0. The maximum atomic E-state index is 12.2. The van der Waals surface area contributed by atoms with E-state index < -0.39 is 0 Å². The zero-order valence-corrected chi connectivity index (χ0v) is 9.79. The predicted octanol–water partition coefficient (Wildman–Crippen LogP) is 0.217. The highest BCUT2D eigenvalue weighted by molar-refractivity contribution is 5.25. The van der Waals surface area contributed by atoms with E-state index in [2.05, 4.69) is 22.4 Å². The third kappa shape index (κ3) is 1.35. The molecular weight excluding hydrogens is 204 g/mol. The Hall–Kier alpha value is -1.07. The van der Waals surface area contributed by atoms with Crippen LogP contribution in [-0.4, -0.2) is 34.8 Å². The Balaban J connectivity index is 1.98. The Bertz CT molecular complexity index is 461. The zero-order chi connectivity index (χ0) is 11.3. The third-order valence-corrected chi connectivity index (χ3v) is 3.78. The highest BCUT2D eigenvalue weighted by Crippen LogP contribution is 2.23. The number of aromatic amines is 1. The average molecular weight is 222 g/mol. The molecule has 1 aromatic rings. The van der Waals surface area contributed by atoms with Gasteiger partial charge in [-0.05, 0) is 26.9 Å². The second kappa shape index (κ2) is 3.46. The summed E-state index contributed by atoms with van der Waals surface area (Å²) in [5, 5.41) is 6.55. The number of nitrogens with zero attached hydrogens (tertiary/aromatic N) is 2. The van der Waals surface area contributed by atoms with E-state index in [9.17, 15) is 4.79 Å². The lowest BCUT2D eigenvalue weighted by molar-refractivity contribution is 0.376. The second-order valence-electron chi connectivity index (χ2n) is 4.99. The van der Waals surface area contributed by atoms with E-state index in [-0.39, 0.29) is 11.6 Å². The fraction of sp³-hybridized carbons (Fsp3) is 0.727. The van der Waals surface area contributed by atoms with Gasteiger partial charge in [-0.3, -0.25) is 9.89 Å². The van der Waals surface area contributed by atoms with Crippen molar-refractivity contribution >= 4 is 0 Å². The molecule has 16 heavy (non-hydrogen) atoms. The van der Waals surface area contributed by atoms with Crippen LogP contribution in [0.5, 0.6) is 0 Å². The van der Waals surface area contributed by atoms with E-state index in [0.29, 0.717) is 6.04 Å². The normalized spacial score (nSPS) is 29.9. The van der Waals surface area contributed by atoms with Crippen LogP contribution in [0.3, 0.4) is 0 Å². The Morgan fingerprint density at radius 3 is 2.88 bits per heavy atom. The second-order valence-corrected chi connectivity index (χ2v) is 4.99. The number of likely N-dealkylation sites (N-methyl/N-ethyl adjacent to an activating group) is 1. The number of hydrogen-bond donors (Lipinski definition) is 2. The van der Waals surface area contributed by atoms with E-state index in [1.54, 1.807) is 0 Å². The summed E-state index contributed by atoms with van der Waals surface area (Å²) in [5.74, 6) is 0. The minimum absolute atomic E-state index is 0.174. The summed E-state index contributed by atoms with van der Waals surface area (Å²) in [4.78, 5) is 14.5. The molecule has 0 aromatic carbocycles. The van der Waals surface area contributed by atoms with Gasteiger partial charge in [-0.25, -0.2) is 4.68 Å². The maximum absolute atomic E-state index is 12.2. The minimum atomic E-state index is 0.174. The van der Waals surface area contributed by atoms with Crippen LogP contribution >= 0.6 is 0 Å². The average Bonchev–Trinajstić information content (AvgIpc) is 2.87. The Labute approximate surface area is 94.4 Å². The summed E-state index contributed by atoms with van der Waals surface area (Å²) in [5.41, 5.74) is 2.19. The van der Waals surface area contributed by atoms with Crippen molar-refractivity contribution in [2.75, 3.05) is 20.1 Å². The van der Waals surface area contributed by atoms with Gasteiger partial charge in [0.25, 0.3) is 5.56 Å². The van der Waals surface area contributed by atoms with Gasteiger partial charge in [-0.1, -0.05) is 0 Å². The van der Waals surface area contributed by atoms with Crippen molar-refractivity contribution in [3.8, 4) is 0 Å². The van der Waals surface area contributed by atoms with Gasteiger partial charge in [-0.15, -0.1) is 0 Å². The molecular formula is C11H18N4O. The Morgan fingerprint density at radius 2 is 2.25 bits per heavy atom.